The van der Waals surface area contributed by atoms with Crippen LogP contribution in [-0.4, -0.2) is 22.7 Å². The van der Waals surface area contributed by atoms with Gasteiger partial charge in [0, 0.05) is 23.6 Å². The molecule has 1 aliphatic rings. The molecule has 1 aromatic carbocycles. The smallest absolute Gasteiger partial charge is 0.272 e. The van der Waals surface area contributed by atoms with Gasteiger partial charge in [0.15, 0.2) is 0 Å². The van der Waals surface area contributed by atoms with Crippen LogP contribution in [0.3, 0.4) is 0 Å². The van der Waals surface area contributed by atoms with E-state index in [4.69, 9.17) is 5.73 Å². The van der Waals surface area contributed by atoms with Crippen molar-refractivity contribution in [1.82, 2.24) is 0 Å². The lowest BCUT2D eigenvalue weighted by molar-refractivity contribution is -0.385. The fourth-order valence-electron chi connectivity index (χ4n) is 3.04. The van der Waals surface area contributed by atoms with Gasteiger partial charge in [0.25, 0.3) is 5.69 Å². The number of nitro groups is 1. The predicted molar refractivity (Wildman–Crippen MR) is 72.8 cm³/mol. The number of para-hydroxylation sites is 1. The zero-order chi connectivity index (χ0) is 13.9. The van der Waals surface area contributed by atoms with Gasteiger partial charge in [-0.2, -0.15) is 0 Å². The van der Waals surface area contributed by atoms with Gasteiger partial charge in [-0.1, -0.05) is 24.6 Å². The Kier molecular flexibility index (Phi) is 4.17. The van der Waals surface area contributed by atoms with Crippen molar-refractivity contribution in [3.8, 4) is 0 Å². The van der Waals surface area contributed by atoms with Crippen molar-refractivity contribution in [1.29, 1.82) is 0 Å². The van der Waals surface area contributed by atoms with Crippen LogP contribution >= 0.6 is 0 Å². The van der Waals surface area contributed by atoms with E-state index in [0.29, 0.717) is 19.4 Å². The number of aliphatic hydroxyl groups excluding tert-OH is 1. The highest BCUT2D eigenvalue weighted by atomic mass is 16.6. The highest BCUT2D eigenvalue weighted by Gasteiger charge is 2.40. The SMILES string of the molecule is NCC1(CCc2ccccc2[N+](=O)[O-])CCCC1O. The van der Waals surface area contributed by atoms with Gasteiger partial charge in [0.2, 0.25) is 0 Å². The van der Waals surface area contributed by atoms with E-state index in [0.717, 1.165) is 24.8 Å². The number of nitrogens with zero attached hydrogens (tertiary/aromatic N) is 1. The molecule has 0 saturated heterocycles. The summed E-state index contributed by atoms with van der Waals surface area (Å²) >= 11 is 0. The molecule has 5 nitrogen and oxygen atoms in total. The molecule has 1 fully saturated rings. The molecule has 104 valence electrons. The third-order valence-electron chi connectivity index (χ3n) is 4.35. The number of hydrogen-bond acceptors (Lipinski definition) is 4. The van der Waals surface area contributed by atoms with Gasteiger partial charge in [0.1, 0.15) is 0 Å². The van der Waals surface area contributed by atoms with E-state index < -0.39 is 0 Å². The number of benzene rings is 1. The predicted octanol–water partition coefficient (Wildman–Crippen LogP) is 2.02. The van der Waals surface area contributed by atoms with Gasteiger partial charge in [0.05, 0.1) is 11.0 Å². The van der Waals surface area contributed by atoms with Crippen LogP contribution in [0.4, 0.5) is 5.69 Å². The minimum Gasteiger partial charge on any atom is -0.393 e. The molecule has 0 bridgehead atoms. The average Bonchev–Trinajstić information content (AvgIpc) is 2.78. The van der Waals surface area contributed by atoms with Crippen LogP contribution in [0.2, 0.25) is 0 Å². The zero-order valence-electron chi connectivity index (χ0n) is 10.9. The topological polar surface area (TPSA) is 89.4 Å². The molecule has 2 atom stereocenters. The van der Waals surface area contributed by atoms with E-state index in [2.05, 4.69) is 0 Å². The highest BCUT2D eigenvalue weighted by molar-refractivity contribution is 5.39. The van der Waals surface area contributed by atoms with Crippen molar-refractivity contribution in [3.05, 3.63) is 39.9 Å². The van der Waals surface area contributed by atoms with Crippen molar-refractivity contribution in [3.63, 3.8) is 0 Å². The summed E-state index contributed by atoms with van der Waals surface area (Å²) < 4.78 is 0. The molecule has 2 rings (SSSR count). The monoisotopic (exact) mass is 264 g/mol. The Labute approximate surface area is 112 Å². The second-order valence-electron chi connectivity index (χ2n) is 5.36. The van der Waals surface area contributed by atoms with Crippen molar-refractivity contribution in [2.24, 2.45) is 11.1 Å². The first-order valence-electron chi connectivity index (χ1n) is 6.69. The molecule has 0 spiro atoms. The molecule has 1 aromatic rings. The van der Waals surface area contributed by atoms with Crippen molar-refractivity contribution < 1.29 is 10.0 Å². The molecule has 0 aliphatic heterocycles. The molecular formula is C14H20N2O3. The Morgan fingerprint density at radius 2 is 2.21 bits per heavy atom. The van der Waals surface area contributed by atoms with E-state index >= 15 is 0 Å². The zero-order valence-corrected chi connectivity index (χ0v) is 10.9. The maximum Gasteiger partial charge on any atom is 0.272 e. The minimum absolute atomic E-state index is 0.155. The summed E-state index contributed by atoms with van der Waals surface area (Å²) in [5.74, 6) is 0. The first-order chi connectivity index (χ1) is 9.09. The number of aryl methyl sites for hydroxylation is 1. The Bertz CT molecular complexity index is 464. The molecule has 5 heteroatoms. The Morgan fingerprint density at radius 3 is 2.79 bits per heavy atom. The lowest BCUT2D eigenvalue weighted by Gasteiger charge is -2.31. The normalized spacial score (nSPS) is 26.5. The summed E-state index contributed by atoms with van der Waals surface area (Å²) in [6.07, 6.45) is 3.59. The number of hydrogen-bond donors (Lipinski definition) is 2. The summed E-state index contributed by atoms with van der Waals surface area (Å²) in [7, 11) is 0. The Balaban J connectivity index is 2.12. The van der Waals surface area contributed by atoms with Crippen LogP contribution in [-0.2, 0) is 6.42 Å². The van der Waals surface area contributed by atoms with E-state index in [-0.39, 0.29) is 22.1 Å². The molecule has 0 radical (unpaired) electrons. The van der Waals surface area contributed by atoms with Crippen molar-refractivity contribution in [2.45, 2.75) is 38.2 Å². The molecule has 19 heavy (non-hydrogen) atoms. The van der Waals surface area contributed by atoms with Crippen LogP contribution in [0.1, 0.15) is 31.2 Å². The molecule has 1 aliphatic carbocycles. The van der Waals surface area contributed by atoms with Crippen LogP contribution < -0.4 is 5.73 Å². The van der Waals surface area contributed by atoms with E-state index in [9.17, 15) is 15.2 Å². The molecule has 0 heterocycles. The average molecular weight is 264 g/mol. The number of rotatable bonds is 5. The van der Waals surface area contributed by atoms with Gasteiger partial charge in [-0.25, -0.2) is 0 Å². The maximum atomic E-state index is 11.0. The van der Waals surface area contributed by atoms with E-state index in [1.807, 2.05) is 6.07 Å². The van der Waals surface area contributed by atoms with Gasteiger partial charge in [-0.05, 0) is 25.7 Å². The van der Waals surface area contributed by atoms with Crippen LogP contribution in [0.25, 0.3) is 0 Å². The lowest BCUT2D eigenvalue weighted by Crippen LogP contribution is -2.38. The maximum absolute atomic E-state index is 11.0. The number of nitro benzene ring substituents is 1. The van der Waals surface area contributed by atoms with Crippen LogP contribution in [0, 0.1) is 15.5 Å². The number of aliphatic hydroxyl groups is 1. The highest BCUT2D eigenvalue weighted by Crippen LogP contribution is 2.41. The second kappa shape index (κ2) is 5.67. The third kappa shape index (κ3) is 2.77. The molecule has 0 aromatic heterocycles. The van der Waals surface area contributed by atoms with E-state index in [1.54, 1.807) is 12.1 Å². The van der Waals surface area contributed by atoms with E-state index in [1.165, 1.54) is 6.07 Å². The molecular weight excluding hydrogens is 244 g/mol. The quantitative estimate of drug-likeness (QED) is 0.629. The summed E-state index contributed by atoms with van der Waals surface area (Å²) in [6.45, 7) is 0.439. The molecule has 2 unspecified atom stereocenters. The fourth-order valence-corrected chi connectivity index (χ4v) is 3.04. The standard InChI is InChI=1S/C14H20N2O3/c15-10-14(8-3-6-13(14)17)9-7-11-4-1-2-5-12(11)16(18)19/h1-2,4-5,13,17H,3,6-10,15H2. The molecule has 3 N–H and O–H groups in total. The van der Waals surface area contributed by atoms with Gasteiger partial charge >= 0.3 is 0 Å². The van der Waals surface area contributed by atoms with Crippen LogP contribution in [0.5, 0.6) is 0 Å². The summed E-state index contributed by atoms with van der Waals surface area (Å²) in [5.41, 5.74) is 6.44. The first-order valence-corrected chi connectivity index (χ1v) is 6.69. The Hall–Kier alpha value is -1.46. The van der Waals surface area contributed by atoms with Crippen molar-refractivity contribution >= 4 is 5.69 Å². The van der Waals surface area contributed by atoms with Crippen LogP contribution in [0.15, 0.2) is 24.3 Å². The van der Waals surface area contributed by atoms with Crippen molar-refractivity contribution in [2.75, 3.05) is 6.54 Å². The fraction of sp³-hybridized carbons (Fsp3) is 0.571. The molecule has 0 amide bonds. The minimum atomic E-state index is -0.375. The Morgan fingerprint density at radius 1 is 1.47 bits per heavy atom. The van der Waals surface area contributed by atoms with Gasteiger partial charge < -0.3 is 10.8 Å². The summed E-state index contributed by atoms with van der Waals surface area (Å²) in [5, 5.41) is 21.0. The van der Waals surface area contributed by atoms with Gasteiger partial charge in [-0.3, -0.25) is 10.1 Å². The number of nitrogens with two attached hydrogens (primary N) is 1. The summed E-state index contributed by atoms with van der Waals surface area (Å²) in [6, 6.07) is 6.78. The van der Waals surface area contributed by atoms with Gasteiger partial charge in [-0.15, -0.1) is 0 Å². The second-order valence-corrected chi connectivity index (χ2v) is 5.36. The largest absolute Gasteiger partial charge is 0.393 e. The third-order valence-corrected chi connectivity index (χ3v) is 4.35. The lowest BCUT2D eigenvalue weighted by atomic mass is 9.78. The molecule has 1 saturated carbocycles. The summed E-state index contributed by atoms with van der Waals surface area (Å²) in [4.78, 5) is 10.6. The first kappa shape index (κ1) is 14.0.